The van der Waals surface area contributed by atoms with Crippen molar-refractivity contribution in [2.45, 2.75) is 6.42 Å². The van der Waals surface area contributed by atoms with Crippen molar-refractivity contribution in [1.29, 1.82) is 0 Å². The maximum Gasteiger partial charge on any atom is 0.151 e. The Morgan fingerprint density at radius 1 is 1.20 bits per heavy atom. The summed E-state index contributed by atoms with van der Waals surface area (Å²) in [7, 11) is 2.07. The molecule has 0 aliphatic carbocycles. The van der Waals surface area contributed by atoms with Gasteiger partial charge in [-0.25, -0.2) is 0 Å². The number of nitrogens with one attached hydrogen (secondary N) is 1. The van der Waals surface area contributed by atoms with E-state index in [4.69, 9.17) is 0 Å². The van der Waals surface area contributed by atoms with Crippen molar-refractivity contribution in [1.82, 2.24) is 20.5 Å². The van der Waals surface area contributed by atoms with Crippen molar-refractivity contribution in [3.05, 3.63) is 36.5 Å². The topological polar surface area (TPSA) is 53.9 Å². The summed E-state index contributed by atoms with van der Waals surface area (Å²) in [6.07, 6.45) is 3.01. The molecule has 2 aromatic heterocycles. The molecule has 0 bridgehead atoms. The van der Waals surface area contributed by atoms with Crippen LogP contribution in [0.1, 0.15) is 6.42 Å². The molecule has 1 aliphatic heterocycles. The standard InChI is InChI=1S/C15H19N5/c1-20(11-12-7-9-16-10-12)15-6-5-14(18-19-15)13-4-2-3-8-17-13/h2-6,8,12,16H,7,9-11H2,1H3. The Morgan fingerprint density at radius 3 is 2.80 bits per heavy atom. The van der Waals surface area contributed by atoms with E-state index in [-0.39, 0.29) is 0 Å². The fourth-order valence-corrected chi connectivity index (χ4v) is 2.53. The van der Waals surface area contributed by atoms with Crippen LogP contribution in [0, 0.1) is 5.92 Å². The third-order valence-corrected chi connectivity index (χ3v) is 3.66. The maximum atomic E-state index is 4.31. The van der Waals surface area contributed by atoms with Crippen LogP contribution in [0.5, 0.6) is 0 Å². The molecule has 0 saturated carbocycles. The molecule has 0 aromatic carbocycles. The monoisotopic (exact) mass is 269 g/mol. The first kappa shape index (κ1) is 13.0. The molecule has 0 spiro atoms. The van der Waals surface area contributed by atoms with Crippen LogP contribution < -0.4 is 10.2 Å². The third-order valence-electron chi connectivity index (χ3n) is 3.66. The third kappa shape index (κ3) is 2.93. The highest BCUT2D eigenvalue weighted by atomic mass is 15.2. The van der Waals surface area contributed by atoms with Gasteiger partial charge in [0.05, 0.1) is 5.69 Å². The first-order chi connectivity index (χ1) is 9.83. The van der Waals surface area contributed by atoms with Gasteiger partial charge in [0.25, 0.3) is 0 Å². The average Bonchev–Trinajstić information content (AvgIpc) is 3.01. The van der Waals surface area contributed by atoms with E-state index in [0.717, 1.165) is 36.8 Å². The molecule has 1 N–H and O–H groups in total. The molecule has 3 heterocycles. The fourth-order valence-electron chi connectivity index (χ4n) is 2.53. The number of aromatic nitrogens is 3. The molecule has 0 radical (unpaired) electrons. The van der Waals surface area contributed by atoms with Crippen molar-refractivity contribution in [2.24, 2.45) is 5.92 Å². The lowest BCUT2D eigenvalue weighted by atomic mass is 10.1. The Kier molecular flexibility index (Phi) is 3.87. The van der Waals surface area contributed by atoms with E-state index in [0.29, 0.717) is 5.92 Å². The number of anilines is 1. The second kappa shape index (κ2) is 5.96. The molecule has 1 atom stereocenters. The molecule has 0 amide bonds. The van der Waals surface area contributed by atoms with E-state index in [1.807, 2.05) is 30.3 Å². The van der Waals surface area contributed by atoms with Crippen LogP contribution >= 0.6 is 0 Å². The number of pyridine rings is 1. The van der Waals surface area contributed by atoms with Crippen molar-refractivity contribution in [3.63, 3.8) is 0 Å². The Labute approximate surface area is 119 Å². The van der Waals surface area contributed by atoms with E-state index >= 15 is 0 Å². The van der Waals surface area contributed by atoms with Crippen LogP contribution in [0.25, 0.3) is 11.4 Å². The number of nitrogens with zero attached hydrogens (tertiary/aromatic N) is 4. The van der Waals surface area contributed by atoms with Crippen molar-refractivity contribution >= 4 is 5.82 Å². The second-order valence-corrected chi connectivity index (χ2v) is 5.23. The molecule has 1 unspecified atom stereocenters. The molecule has 5 heteroatoms. The van der Waals surface area contributed by atoms with Crippen molar-refractivity contribution in [2.75, 3.05) is 31.6 Å². The lowest BCUT2D eigenvalue weighted by Crippen LogP contribution is -2.27. The minimum absolute atomic E-state index is 0.706. The van der Waals surface area contributed by atoms with Gasteiger partial charge in [0.2, 0.25) is 0 Å². The lowest BCUT2D eigenvalue weighted by molar-refractivity contribution is 0.574. The van der Waals surface area contributed by atoms with Gasteiger partial charge in [0.15, 0.2) is 5.82 Å². The Balaban J connectivity index is 1.69. The van der Waals surface area contributed by atoms with Gasteiger partial charge in [-0.15, -0.1) is 10.2 Å². The van der Waals surface area contributed by atoms with Gasteiger partial charge in [-0.05, 0) is 49.7 Å². The zero-order valence-electron chi connectivity index (χ0n) is 11.7. The minimum Gasteiger partial charge on any atom is -0.358 e. The number of rotatable bonds is 4. The summed E-state index contributed by atoms with van der Waals surface area (Å²) in [5.41, 5.74) is 1.67. The predicted molar refractivity (Wildman–Crippen MR) is 79.5 cm³/mol. The largest absolute Gasteiger partial charge is 0.358 e. The SMILES string of the molecule is CN(CC1CCNC1)c1ccc(-c2ccccn2)nn1. The van der Waals surface area contributed by atoms with Crippen LogP contribution in [-0.4, -0.2) is 41.9 Å². The first-order valence-corrected chi connectivity index (χ1v) is 7.00. The minimum atomic E-state index is 0.706. The van der Waals surface area contributed by atoms with Crippen LogP contribution in [0.2, 0.25) is 0 Å². The maximum absolute atomic E-state index is 4.31. The van der Waals surface area contributed by atoms with Crippen molar-refractivity contribution in [3.8, 4) is 11.4 Å². The lowest BCUT2D eigenvalue weighted by Gasteiger charge is -2.21. The molecule has 3 rings (SSSR count). The molecular weight excluding hydrogens is 250 g/mol. The molecule has 5 nitrogen and oxygen atoms in total. The molecule has 104 valence electrons. The Morgan fingerprint density at radius 2 is 2.15 bits per heavy atom. The number of hydrogen-bond acceptors (Lipinski definition) is 5. The van der Waals surface area contributed by atoms with Gasteiger partial charge < -0.3 is 10.2 Å². The normalized spacial score (nSPS) is 18.1. The predicted octanol–water partition coefficient (Wildman–Crippen LogP) is 1.58. The molecule has 1 aliphatic rings. The highest BCUT2D eigenvalue weighted by molar-refractivity contribution is 5.54. The molecule has 1 saturated heterocycles. The quantitative estimate of drug-likeness (QED) is 0.913. The first-order valence-electron chi connectivity index (χ1n) is 7.00. The number of hydrogen-bond donors (Lipinski definition) is 1. The van der Waals surface area contributed by atoms with Gasteiger partial charge >= 0.3 is 0 Å². The highest BCUT2D eigenvalue weighted by Crippen LogP contribution is 2.17. The van der Waals surface area contributed by atoms with Gasteiger partial charge in [0, 0.05) is 19.8 Å². The smallest absolute Gasteiger partial charge is 0.151 e. The summed E-state index contributed by atoms with van der Waals surface area (Å²) in [6, 6.07) is 9.79. The van der Waals surface area contributed by atoms with Crippen LogP contribution in [0.3, 0.4) is 0 Å². The van der Waals surface area contributed by atoms with Gasteiger partial charge in [-0.2, -0.15) is 0 Å². The highest BCUT2D eigenvalue weighted by Gasteiger charge is 2.17. The molecular formula is C15H19N5. The fraction of sp³-hybridized carbons (Fsp3) is 0.400. The van der Waals surface area contributed by atoms with Crippen LogP contribution in [0.15, 0.2) is 36.5 Å². The van der Waals surface area contributed by atoms with Crippen molar-refractivity contribution < 1.29 is 0 Å². The summed E-state index contributed by atoms with van der Waals surface area (Å²) >= 11 is 0. The van der Waals surface area contributed by atoms with E-state index in [9.17, 15) is 0 Å². The Bertz CT molecular complexity index is 534. The summed E-state index contributed by atoms with van der Waals surface area (Å²) in [5.74, 6) is 1.62. The van der Waals surface area contributed by atoms with Gasteiger partial charge in [-0.3, -0.25) is 4.98 Å². The molecule has 2 aromatic rings. The second-order valence-electron chi connectivity index (χ2n) is 5.23. The summed E-state index contributed by atoms with van der Waals surface area (Å²) in [5, 5.41) is 12.0. The van der Waals surface area contributed by atoms with Gasteiger partial charge in [-0.1, -0.05) is 6.07 Å². The summed E-state index contributed by atoms with van der Waals surface area (Å²) < 4.78 is 0. The summed E-state index contributed by atoms with van der Waals surface area (Å²) in [4.78, 5) is 6.46. The van der Waals surface area contributed by atoms with Crippen LogP contribution in [-0.2, 0) is 0 Å². The molecule has 1 fully saturated rings. The van der Waals surface area contributed by atoms with E-state index in [2.05, 4.69) is 32.4 Å². The van der Waals surface area contributed by atoms with Gasteiger partial charge in [0.1, 0.15) is 5.69 Å². The zero-order valence-corrected chi connectivity index (χ0v) is 11.7. The van der Waals surface area contributed by atoms with E-state index in [1.165, 1.54) is 6.42 Å². The van der Waals surface area contributed by atoms with E-state index < -0.39 is 0 Å². The molecule has 20 heavy (non-hydrogen) atoms. The van der Waals surface area contributed by atoms with Crippen LogP contribution in [0.4, 0.5) is 5.82 Å². The average molecular weight is 269 g/mol. The van der Waals surface area contributed by atoms with E-state index in [1.54, 1.807) is 6.20 Å². The zero-order chi connectivity index (χ0) is 13.8. The Hall–Kier alpha value is -2.01. The summed E-state index contributed by atoms with van der Waals surface area (Å²) in [6.45, 7) is 3.25.